The molecular weight excluding hydrogens is 412 g/mol. The molecule has 0 unspecified atom stereocenters. The number of carbonyl (C=O) groups excluding carboxylic acids is 2. The van der Waals surface area contributed by atoms with Crippen LogP contribution in [-0.4, -0.2) is 37.0 Å². The Kier molecular flexibility index (Phi) is 4.34. The highest BCUT2D eigenvalue weighted by atomic mass is 16.6. The standard InChI is InChI=1S/C22H26N6O4/c1-12-8-14(19(30)28-16(12)18(29)26-22(28)6-5-7-22)25-17-13-9-27(10-15(13)23-11-24-17)20(31)32-21(2,3)4/h8,11H,5-7,9-10H2,1-4H3,(H,26,29)(H,23,24,25). The molecule has 0 aromatic carbocycles. The number of nitrogens with zero attached hydrogens (tertiary/aromatic N) is 4. The van der Waals surface area contributed by atoms with Crippen LogP contribution in [0.15, 0.2) is 17.2 Å². The predicted molar refractivity (Wildman–Crippen MR) is 116 cm³/mol. The van der Waals surface area contributed by atoms with Crippen molar-refractivity contribution in [2.45, 2.75) is 71.3 Å². The molecule has 1 spiro atoms. The van der Waals surface area contributed by atoms with Gasteiger partial charge in [-0.15, -0.1) is 0 Å². The number of anilines is 2. The van der Waals surface area contributed by atoms with Gasteiger partial charge in [-0.3, -0.25) is 19.1 Å². The molecule has 2 aromatic heterocycles. The Hall–Kier alpha value is -3.43. The minimum absolute atomic E-state index is 0.207. The molecule has 2 aromatic rings. The molecule has 3 aliphatic rings. The SMILES string of the molecule is Cc1cc(Nc2ncnc3c2CN(C(=O)OC(C)(C)C)C3)c(=O)n2c1C(=O)NC21CCC1. The average Bonchev–Trinajstić information content (AvgIpc) is 3.24. The van der Waals surface area contributed by atoms with Gasteiger partial charge in [0.15, 0.2) is 0 Å². The Bertz CT molecular complexity index is 1210. The third kappa shape index (κ3) is 3.12. The summed E-state index contributed by atoms with van der Waals surface area (Å²) in [5, 5.41) is 6.15. The molecule has 4 heterocycles. The first-order valence-electron chi connectivity index (χ1n) is 10.8. The normalized spacial score (nSPS) is 18.1. The molecule has 10 heteroatoms. The molecule has 10 nitrogen and oxygen atoms in total. The van der Waals surface area contributed by atoms with Gasteiger partial charge in [0.05, 0.1) is 18.8 Å². The maximum Gasteiger partial charge on any atom is 0.410 e. The van der Waals surface area contributed by atoms with Crippen LogP contribution in [0.25, 0.3) is 0 Å². The number of hydrogen-bond acceptors (Lipinski definition) is 7. The third-order valence-electron chi connectivity index (χ3n) is 6.19. The molecule has 0 radical (unpaired) electrons. The van der Waals surface area contributed by atoms with E-state index < -0.39 is 17.4 Å². The lowest BCUT2D eigenvalue weighted by atomic mass is 9.85. The Morgan fingerprint density at radius 2 is 1.97 bits per heavy atom. The molecule has 1 aliphatic carbocycles. The van der Waals surface area contributed by atoms with E-state index in [4.69, 9.17) is 4.74 Å². The van der Waals surface area contributed by atoms with E-state index >= 15 is 0 Å². The zero-order valence-corrected chi connectivity index (χ0v) is 18.6. The number of pyridine rings is 1. The van der Waals surface area contributed by atoms with Crippen molar-refractivity contribution in [1.82, 2.24) is 24.8 Å². The number of carbonyl (C=O) groups is 2. The summed E-state index contributed by atoms with van der Waals surface area (Å²) in [7, 11) is 0. The summed E-state index contributed by atoms with van der Waals surface area (Å²) in [5.41, 5.74) is 1.44. The summed E-state index contributed by atoms with van der Waals surface area (Å²) in [6.07, 6.45) is 3.43. The van der Waals surface area contributed by atoms with Crippen LogP contribution in [0.5, 0.6) is 0 Å². The summed E-state index contributed by atoms with van der Waals surface area (Å²) in [6.45, 7) is 7.87. The summed E-state index contributed by atoms with van der Waals surface area (Å²) in [5.74, 6) is 0.264. The zero-order chi connectivity index (χ0) is 22.8. The molecule has 2 N–H and O–H groups in total. The predicted octanol–water partition coefficient (Wildman–Crippen LogP) is 2.52. The minimum Gasteiger partial charge on any atom is -0.444 e. The molecule has 1 fully saturated rings. The van der Waals surface area contributed by atoms with Crippen LogP contribution < -0.4 is 16.2 Å². The highest BCUT2D eigenvalue weighted by molar-refractivity contribution is 5.97. The van der Waals surface area contributed by atoms with Crippen LogP contribution in [0, 0.1) is 6.92 Å². The van der Waals surface area contributed by atoms with E-state index in [0.717, 1.165) is 30.4 Å². The third-order valence-corrected chi connectivity index (χ3v) is 6.19. The fourth-order valence-corrected chi connectivity index (χ4v) is 4.58. The number of nitrogens with one attached hydrogen (secondary N) is 2. The summed E-state index contributed by atoms with van der Waals surface area (Å²) in [6, 6.07) is 1.68. The van der Waals surface area contributed by atoms with Crippen LogP contribution in [-0.2, 0) is 23.5 Å². The zero-order valence-electron chi connectivity index (χ0n) is 18.6. The van der Waals surface area contributed by atoms with Crippen LogP contribution in [0.3, 0.4) is 0 Å². The average molecular weight is 438 g/mol. The van der Waals surface area contributed by atoms with Gasteiger partial charge in [0.2, 0.25) is 0 Å². The number of aryl methyl sites for hydroxylation is 1. The van der Waals surface area contributed by atoms with Crippen molar-refractivity contribution in [1.29, 1.82) is 0 Å². The fourth-order valence-electron chi connectivity index (χ4n) is 4.58. The quantitative estimate of drug-likeness (QED) is 0.740. The van der Waals surface area contributed by atoms with Gasteiger partial charge in [-0.05, 0) is 58.6 Å². The number of aromatic nitrogens is 3. The number of ether oxygens (including phenoxy) is 1. The van der Waals surface area contributed by atoms with E-state index in [0.29, 0.717) is 29.4 Å². The molecule has 1 saturated carbocycles. The second-order valence-electron chi connectivity index (χ2n) is 9.68. The highest BCUT2D eigenvalue weighted by Gasteiger charge is 2.48. The van der Waals surface area contributed by atoms with Gasteiger partial charge in [0.1, 0.15) is 34.8 Å². The number of fused-ring (bicyclic) bond motifs is 3. The smallest absolute Gasteiger partial charge is 0.410 e. The first-order valence-corrected chi connectivity index (χ1v) is 10.8. The fraction of sp³-hybridized carbons (Fsp3) is 0.500. The highest BCUT2D eigenvalue weighted by Crippen LogP contribution is 2.41. The Morgan fingerprint density at radius 3 is 2.62 bits per heavy atom. The van der Waals surface area contributed by atoms with E-state index in [1.807, 2.05) is 27.7 Å². The van der Waals surface area contributed by atoms with Crippen LogP contribution in [0.4, 0.5) is 16.3 Å². The minimum atomic E-state index is -0.618. The van der Waals surface area contributed by atoms with E-state index in [-0.39, 0.29) is 18.0 Å². The van der Waals surface area contributed by atoms with Gasteiger partial charge in [0, 0.05) is 5.56 Å². The van der Waals surface area contributed by atoms with Gasteiger partial charge in [0.25, 0.3) is 11.5 Å². The van der Waals surface area contributed by atoms with Crippen molar-refractivity contribution in [3.8, 4) is 0 Å². The van der Waals surface area contributed by atoms with Crippen molar-refractivity contribution in [2.75, 3.05) is 5.32 Å². The van der Waals surface area contributed by atoms with Gasteiger partial charge in [-0.25, -0.2) is 14.8 Å². The molecule has 32 heavy (non-hydrogen) atoms. The second-order valence-corrected chi connectivity index (χ2v) is 9.68. The van der Waals surface area contributed by atoms with Crippen molar-refractivity contribution in [3.63, 3.8) is 0 Å². The maximum absolute atomic E-state index is 13.4. The second kappa shape index (κ2) is 6.78. The largest absolute Gasteiger partial charge is 0.444 e. The summed E-state index contributed by atoms with van der Waals surface area (Å²) >= 11 is 0. The molecule has 168 valence electrons. The van der Waals surface area contributed by atoms with Gasteiger partial charge in [-0.2, -0.15) is 0 Å². The van der Waals surface area contributed by atoms with Crippen LogP contribution in [0.2, 0.25) is 0 Å². The van der Waals surface area contributed by atoms with Gasteiger partial charge < -0.3 is 15.4 Å². The van der Waals surface area contributed by atoms with E-state index in [2.05, 4.69) is 20.6 Å². The van der Waals surface area contributed by atoms with Crippen LogP contribution in [0.1, 0.15) is 67.3 Å². The monoisotopic (exact) mass is 438 g/mol. The number of rotatable bonds is 2. The molecular formula is C22H26N6O4. The van der Waals surface area contributed by atoms with Gasteiger partial charge in [-0.1, -0.05) is 0 Å². The summed E-state index contributed by atoms with van der Waals surface area (Å²) in [4.78, 5) is 48.6. The van der Waals surface area contributed by atoms with E-state index in [1.165, 1.54) is 6.33 Å². The van der Waals surface area contributed by atoms with Gasteiger partial charge >= 0.3 is 6.09 Å². The lowest BCUT2D eigenvalue weighted by Gasteiger charge is -2.39. The Morgan fingerprint density at radius 1 is 1.22 bits per heavy atom. The summed E-state index contributed by atoms with van der Waals surface area (Å²) < 4.78 is 7.08. The van der Waals surface area contributed by atoms with E-state index in [9.17, 15) is 14.4 Å². The molecule has 2 aliphatic heterocycles. The molecule has 5 rings (SSSR count). The van der Waals surface area contributed by atoms with Crippen molar-refractivity contribution in [3.05, 3.63) is 45.3 Å². The van der Waals surface area contributed by atoms with Crippen molar-refractivity contribution >= 4 is 23.5 Å². The molecule has 0 atom stereocenters. The Balaban J connectivity index is 1.47. The van der Waals surface area contributed by atoms with Crippen molar-refractivity contribution in [2.24, 2.45) is 0 Å². The van der Waals surface area contributed by atoms with E-state index in [1.54, 1.807) is 15.5 Å². The lowest BCUT2D eigenvalue weighted by Crippen LogP contribution is -2.52. The molecule has 0 bridgehead atoms. The number of hydrogen-bond donors (Lipinski definition) is 2. The Labute approximate surface area is 185 Å². The number of amides is 2. The topological polar surface area (TPSA) is 118 Å². The maximum atomic E-state index is 13.4. The first kappa shape index (κ1) is 20.5. The molecule has 0 saturated heterocycles. The van der Waals surface area contributed by atoms with Crippen LogP contribution >= 0.6 is 0 Å². The lowest BCUT2D eigenvalue weighted by molar-refractivity contribution is 0.0240. The van der Waals surface area contributed by atoms with Crippen molar-refractivity contribution < 1.29 is 14.3 Å². The first-order chi connectivity index (χ1) is 15.1. The molecule has 2 amide bonds.